The summed E-state index contributed by atoms with van der Waals surface area (Å²) in [5.41, 5.74) is 19.6. The van der Waals surface area contributed by atoms with Gasteiger partial charge in [0.1, 0.15) is 0 Å². The zero-order valence-corrected chi connectivity index (χ0v) is 41.9. The first kappa shape index (κ1) is 44.8. The van der Waals surface area contributed by atoms with E-state index in [4.69, 9.17) is 0 Å². The maximum absolute atomic E-state index is 2.51. The summed E-state index contributed by atoms with van der Waals surface area (Å²) in [6, 6.07) is 99.7. The predicted molar refractivity (Wildman–Crippen MR) is 321 cm³/mol. The van der Waals surface area contributed by atoms with E-state index in [9.17, 15) is 0 Å². The molecule has 1 aliphatic carbocycles. The first-order chi connectivity index (χ1) is 37.7. The van der Waals surface area contributed by atoms with Gasteiger partial charge in [0.05, 0.1) is 17.1 Å². The molecule has 4 nitrogen and oxygen atoms in total. The van der Waals surface area contributed by atoms with Crippen LogP contribution in [-0.2, 0) is 0 Å². The highest BCUT2D eigenvalue weighted by Crippen LogP contribution is 2.44. The van der Waals surface area contributed by atoms with E-state index in [0.717, 1.165) is 57.4 Å². The van der Waals surface area contributed by atoms with Crippen LogP contribution in [0.5, 0.6) is 0 Å². The second-order valence-corrected chi connectivity index (χ2v) is 19.7. The third-order valence-electron chi connectivity index (χ3n) is 15.2. The second kappa shape index (κ2) is 19.2. The molecule has 0 aliphatic heterocycles. The summed E-state index contributed by atoms with van der Waals surface area (Å²) in [6.45, 7) is 0. The topological polar surface area (TPSA) is 16.3 Å². The van der Waals surface area contributed by atoms with Gasteiger partial charge < -0.3 is 18.9 Å². The lowest BCUT2D eigenvalue weighted by atomic mass is 10.0. The zero-order chi connectivity index (χ0) is 50.4. The summed E-state index contributed by atoms with van der Waals surface area (Å²) >= 11 is 0. The minimum absolute atomic E-state index is 0.264. The molecule has 1 atom stereocenters. The highest BCUT2D eigenvalue weighted by Gasteiger charge is 2.22. The largest absolute Gasteiger partial charge is 0.333 e. The Hall–Kier alpha value is -9.90. The maximum Gasteiger partial charge on any atom is 0.0560 e. The van der Waals surface area contributed by atoms with Gasteiger partial charge in [-0.1, -0.05) is 188 Å². The van der Waals surface area contributed by atoms with E-state index in [0.29, 0.717) is 0 Å². The Balaban J connectivity index is 0.838. The fourth-order valence-corrected chi connectivity index (χ4v) is 11.6. The summed E-state index contributed by atoms with van der Waals surface area (Å²) in [5, 5.41) is 4.95. The molecule has 4 heteroatoms. The SMILES string of the molecule is C1=CCC(n2c3ccccc3c3cc(N(c4ccc(-c5ccccc5)cc4)c4ccc(-c5ccc(N(c6ccc(-c7ccccc7)cc6)c6ccc7c(c6)c6ccccc6n7-c6ccccc6)cc5)cc4)ccc32)C=C1. The maximum atomic E-state index is 2.51. The molecular weight excluding hydrogens is 921 g/mol. The quantitative estimate of drug-likeness (QED) is 0.128. The number of rotatable bonds is 11. The number of nitrogens with zero attached hydrogens (tertiary/aromatic N) is 4. The third-order valence-corrected chi connectivity index (χ3v) is 15.2. The van der Waals surface area contributed by atoms with E-state index in [2.05, 4.69) is 316 Å². The Kier molecular flexibility index (Phi) is 11.3. The van der Waals surface area contributed by atoms with Crippen molar-refractivity contribution in [1.29, 1.82) is 0 Å². The van der Waals surface area contributed by atoms with Crippen molar-refractivity contribution in [1.82, 2.24) is 9.13 Å². The van der Waals surface area contributed by atoms with Gasteiger partial charge in [-0.05, 0) is 149 Å². The van der Waals surface area contributed by atoms with Crippen molar-refractivity contribution in [2.24, 2.45) is 0 Å². The Morgan fingerprint density at radius 2 is 0.645 bits per heavy atom. The molecule has 11 aromatic carbocycles. The van der Waals surface area contributed by atoms with E-state index < -0.39 is 0 Å². The molecule has 0 saturated carbocycles. The van der Waals surface area contributed by atoms with Crippen LogP contribution >= 0.6 is 0 Å². The lowest BCUT2D eigenvalue weighted by Gasteiger charge is -2.27. The van der Waals surface area contributed by atoms with Crippen LogP contribution in [0.15, 0.2) is 297 Å². The van der Waals surface area contributed by atoms with Gasteiger partial charge in [-0.3, -0.25) is 0 Å². The monoisotopic (exact) mass is 972 g/mol. The predicted octanol–water partition coefficient (Wildman–Crippen LogP) is 19.9. The van der Waals surface area contributed by atoms with Crippen molar-refractivity contribution >= 4 is 77.7 Å². The van der Waals surface area contributed by atoms with Gasteiger partial charge in [0.2, 0.25) is 0 Å². The Morgan fingerprint density at radius 3 is 1.12 bits per heavy atom. The molecule has 14 rings (SSSR count). The van der Waals surface area contributed by atoms with E-state index in [1.54, 1.807) is 0 Å². The molecule has 13 aromatic rings. The van der Waals surface area contributed by atoms with Crippen molar-refractivity contribution in [3.05, 3.63) is 297 Å². The average Bonchev–Trinajstić information content (AvgIpc) is 4.02. The molecule has 1 aliphatic rings. The average molecular weight is 973 g/mol. The first-order valence-electron chi connectivity index (χ1n) is 26.3. The summed E-state index contributed by atoms with van der Waals surface area (Å²) in [7, 11) is 0. The fourth-order valence-electron chi connectivity index (χ4n) is 11.6. The Bertz CT molecular complexity index is 4270. The number of aromatic nitrogens is 2. The standard InChI is InChI=1S/C72H52N4/c1-5-17-51(18-6-1)53-29-37-59(38-30-53)73(63-45-47-71-67(49-63)65-25-13-15-27-69(65)75(71)57-21-9-3-10-22-57)61-41-33-55(34-42-61)56-35-43-62(44-36-56)74(60-39-31-54(32-40-60)52-19-7-2-8-20-52)64-46-48-72-68(50-64)66-26-14-16-28-70(66)76(72)58-23-11-4-12-24-58/h1-23,25-50,58H,24H2. The van der Waals surface area contributed by atoms with E-state index in [1.165, 1.54) is 65.9 Å². The molecule has 0 N–H and O–H groups in total. The van der Waals surface area contributed by atoms with E-state index >= 15 is 0 Å². The molecule has 1 unspecified atom stereocenters. The Labute approximate surface area is 443 Å². The molecule has 360 valence electrons. The molecule has 0 radical (unpaired) electrons. The van der Waals surface area contributed by atoms with Gasteiger partial charge in [-0.15, -0.1) is 0 Å². The van der Waals surface area contributed by atoms with Gasteiger partial charge in [0, 0.05) is 72.4 Å². The number of para-hydroxylation sites is 3. The van der Waals surface area contributed by atoms with Gasteiger partial charge in [0.25, 0.3) is 0 Å². The molecule has 0 spiro atoms. The van der Waals surface area contributed by atoms with E-state index in [-0.39, 0.29) is 6.04 Å². The van der Waals surface area contributed by atoms with Gasteiger partial charge in [-0.2, -0.15) is 0 Å². The molecule has 76 heavy (non-hydrogen) atoms. The zero-order valence-electron chi connectivity index (χ0n) is 41.9. The summed E-state index contributed by atoms with van der Waals surface area (Å²) < 4.78 is 4.89. The number of hydrogen-bond donors (Lipinski definition) is 0. The van der Waals surface area contributed by atoms with Crippen LogP contribution in [0.4, 0.5) is 34.1 Å². The Morgan fingerprint density at radius 1 is 0.289 bits per heavy atom. The summed E-state index contributed by atoms with van der Waals surface area (Å²) in [4.78, 5) is 4.78. The van der Waals surface area contributed by atoms with E-state index in [1.807, 2.05) is 0 Å². The van der Waals surface area contributed by atoms with Crippen molar-refractivity contribution in [3.8, 4) is 39.1 Å². The van der Waals surface area contributed by atoms with Crippen LogP contribution in [0, 0.1) is 0 Å². The van der Waals surface area contributed by atoms with Crippen LogP contribution in [0.1, 0.15) is 12.5 Å². The molecular formula is C72H52N4. The molecule has 0 fully saturated rings. The minimum Gasteiger partial charge on any atom is -0.333 e. The highest BCUT2D eigenvalue weighted by molar-refractivity contribution is 6.11. The van der Waals surface area contributed by atoms with Gasteiger partial charge in [0.15, 0.2) is 0 Å². The van der Waals surface area contributed by atoms with Crippen LogP contribution < -0.4 is 9.80 Å². The number of fused-ring (bicyclic) bond motifs is 6. The lowest BCUT2D eigenvalue weighted by molar-refractivity contribution is 0.648. The molecule has 0 bridgehead atoms. The second-order valence-electron chi connectivity index (χ2n) is 19.7. The highest BCUT2D eigenvalue weighted by atomic mass is 15.1. The van der Waals surface area contributed by atoms with Crippen LogP contribution in [0.3, 0.4) is 0 Å². The number of benzene rings is 11. The molecule has 2 heterocycles. The fraction of sp³-hybridized carbons (Fsp3) is 0.0278. The molecule has 0 saturated heterocycles. The normalized spacial score (nSPS) is 13.2. The number of anilines is 6. The number of hydrogen-bond acceptors (Lipinski definition) is 2. The van der Waals surface area contributed by atoms with Crippen LogP contribution in [0.2, 0.25) is 0 Å². The summed E-state index contributed by atoms with van der Waals surface area (Å²) in [6.07, 6.45) is 9.90. The molecule has 2 aromatic heterocycles. The van der Waals surface area contributed by atoms with Crippen molar-refractivity contribution in [3.63, 3.8) is 0 Å². The van der Waals surface area contributed by atoms with Crippen molar-refractivity contribution in [2.45, 2.75) is 12.5 Å². The van der Waals surface area contributed by atoms with Crippen LogP contribution in [-0.4, -0.2) is 9.13 Å². The minimum atomic E-state index is 0.264. The van der Waals surface area contributed by atoms with Gasteiger partial charge >= 0.3 is 0 Å². The third kappa shape index (κ3) is 8.05. The molecule has 0 amide bonds. The summed E-state index contributed by atoms with van der Waals surface area (Å²) in [5.74, 6) is 0. The smallest absolute Gasteiger partial charge is 0.0560 e. The van der Waals surface area contributed by atoms with Crippen LogP contribution in [0.25, 0.3) is 82.7 Å². The lowest BCUT2D eigenvalue weighted by Crippen LogP contribution is -2.10. The van der Waals surface area contributed by atoms with Gasteiger partial charge in [-0.25, -0.2) is 0 Å². The van der Waals surface area contributed by atoms with Crippen molar-refractivity contribution in [2.75, 3.05) is 9.80 Å². The first-order valence-corrected chi connectivity index (χ1v) is 26.3. The van der Waals surface area contributed by atoms with Crippen molar-refractivity contribution < 1.29 is 0 Å². The number of allylic oxidation sites excluding steroid dienone is 4.